The smallest absolute Gasteiger partial charge is 0.407 e. The van der Waals surface area contributed by atoms with Crippen LogP contribution < -0.4 is 5.32 Å². The van der Waals surface area contributed by atoms with Crippen LogP contribution in [0.25, 0.3) is 11.1 Å². The number of rotatable bonds is 6. The van der Waals surface area contributed by atoms with Crippen LogP contribution in [0.5, 0.6) is 0 Å². The molecule has 0 bridgehead atoms. The monoisotopic (exact) mass is 480 g/mol. The number of carboxylic acids is 1. The van der Waals surface area contributed by atoms with Crippen LogP contribution in [-0.2, 0) is 23.8 Å². The summed E-state index contributed by atoms with van der Waals surface area (Å²) in [4.78, 5) is 39.0. The molecule has 2 aliphatic heterocycles. The molecule has 2 aromatic carbocycles. The molecule has 9 heteroatoms. The molecule has 9 nitrogen and oxygen atoms in total. The maximum Gasteiger partial charge on any atom is 0.407 e. The molecule has 2 fully saturated rings. The molecule has 2 amide bonds. The molecule has 5 rings (SSSR count). The molecule has 2 saturated heterocycles. The summed E-state index contributed by atoms with van der Waals surface area (Å²) < 4.78 is 16.5. The van der Waals surface area contributed by atoms with Crippen molar-refractivity contribution in [3.05, 3.63) is 59.7 Å². The number of likely N-dealkylation sites (N-methyl/N-ethyl adjacent to an activating group) is 1. The molecule has 2 heterocycles. The zero-order valence-electron chi connectivity index (χ0n) is 19.4. The fourth-order valence-electron chi connectivity index (χ4n) is 5.30. The minimum Gasteiger partial charge on any atom is -0.479 e. The van der Waals surface area contributed by atoms with Gasteiger partial charge in [0.15, 0.2) is 11.6 Å². The Labute approximate surface area is 203 Å². The highest BCUT2D eigenvalue weighted by Gasteiger charge is 2.51. The molecule has 1 aliphatic carbocycles. The third kappa shape index (κ3) is 4.04. The van der Waals surface area contributed by atoms with Gasteiger partial charge in [0.1, 0.15) is 6.61 Å². The molecule has 2 N–H and O–H groups in total. The van der Waals surface area contributed by atoms with Crippen LogP contribution in [0.3, 0.4) is 0 Å². The van der Waals surface area contributed by atoms with E-state index >= 15 is 0 Å². The summed E-state index contributed by atoms with van der Waals surface area (Å²) in [7, 11) is 1.44. The van der Waals surface area contributed by atoms with Gasteiger partial charge >= 0.3 is 12.1 Å². The van der Waals surface area contributed by atoms with Gasteiger partial charge in [0.05, 0.1) is 12.6 Å². The molecule has 0 saturated carbocycles. The first-order valence-corrected chi connectivity index (χ1v) is 11.7. The summed E-state index contributed by atoms with van der Waals surface area (Å²) in [6.07, 6.45) is -1.01. The molecule has 0 spiro atoms. The van der Waals surface area contributed by atoms with Crippen molar-refractivity contribution in [1.82, 2.24) is 10.2 Å². The van der Waals surface area contributed by atoms with Gasteiger partial charge in [-0.1, -0.05) is 48.5 Å². The Morgan fingerprint density at radius 2 is 1.74 bits per heavy atom. The van der Waals surface area contributed by atoms with Gasteiger partial charge in [-0.15, -0.1) is 0 Å². The zero-order valence-corrected chi connectivity index (χ0v) is 19.4. The topological polar surface area (TPSA) is 114 Å². The minimum absolute atomic E-state index is 0.0747. The number of fused-ring (bicyclic) bond motifs is 3. The summed E-state index contributed by atoms with van der Waals surface area (Å²) in [6, 6.07) is 15.5. The Bertz CT molecular complexity index is 1100. The third-order valence-corrected chi connectivity index (χ3v) is 7.35. The van der Waals surface area contributed by atoms with Crippen molar-refractivity contribution >= 4 is 18.0 Å². The number of nitrogens with zero attached hydrogens (tertiary/aromatic N) is 1. The maximum absolute atomic E-state index is 13.2. The molecule has 0 aromatic heterocycles. The number of alkyl carbamates (subject to hydrolysis) is 1. The highest BCUT2D eigenvalue weighted by atomic mass is 16.6. The van der Waals surface area contributed by atoms with Crippen molar-refractivity contribution in [2.24, 2.45) is 0 Å². The molecule has 3 aliphatic rings. The molecule has 184 valence electrons. The van der Waals surface area contributed by atoms with E-state index in [1.807, 2.05) is 36.4 Å². The Morgan fingerprint density at radius 3 is 2.34 bits per heavy atom. The van der Waals surface area contributed by atoms with E-state index in [1.54, 1.807) is 0 Å². The van der Waals surface area contributed by atoms with Crippen molar-refractivity contribution in [3.8, 4) is 11.1 Å². The minimum atomic E-state index is -1.43. The van der Waals surface area contributed by atoms with Crippen LogP contribution in [0.4, 0.5) is 4.79 Å². The molecule has 2 aromatic rings. The van der Waals surface area contributed by atoms with E-state index in [0.29, 0.717) is 6.42 Å². The predicted octanol–water partition coefficient (Wildman–Crippen LogP) is 2.38. The number of hydrogen-bond acceptors (Lipinski definition) is 6. The molecule has 0 radical (unpaired) electrons. The summed E-state index contributed by atoms with van der Waals surface area (Å²) in [5.74, 6) is -1.70. The van der Waals surface area contributed by atoms with Crippen molar-refractivity contribution in [3.63, 3.8) is 0 Å². The van der Waals surface area contributed by atoms with E-state index in [2.05, 4.69) is 17.4 Å². The Hall–Kier alpha value is -3.43. The lowest BCUT2D eigenvalue weighted by Gasteiger charge is -2.35. The average Bonchev–Trinajstić information content (AvgIpc) is 3.60. The van der Waals surface area contributed by atoms with Crippen molar-refractivity contribution in [2.75, 3.05) is 33.5 Å². The van der Waals surface area contributed by atoms with Crippen LogP contribution in [-0.4, -0.2) is 79.1 Å². The normalized spacial score (nSPS) is 25.1. The lowest BCUT2D eigenvalue weighted by atomic mass is 9.95. The molecule has 3 unspecified atom stereocenters. The van der Waals surface area contributed by atoms with E-state index in [-0.39, 0.29) is 38.8 Å². The number of aliphatic carboxylic acids is 1. The van der Waals surface area contributed by atoms with Crippen molar-refractivity contribution in [2.45, 2.75) is 36.4 Å². The first kappa shape index (κ1) is 23.3. The predicted molar refractivity (Wildman–Crippen MR) is 125 cm³/mol. The van der Waals surface area contributed by atoms with Crippen molar-refractivity contribution in [1.29, 1.82) is 0 Å². The number of carbonyl (C=O) groups is 3. The van der Waals surface area contributed by atoms with Crippen LogP contribution in [0.2, 0.25) is 0 Å². The van der Waals surface area contributed by atoms with Crippen molar-refractivity contribution < 1.29 is 33.7 Å². The van der Waals surface area contributed by atoms with Gasteiger partial charge in [-0.2, -0.15) is 0 Å². The number of benzene rings is 2. The van der Waals surface area contributed by atoms with Gasteiger partial charge in [-0.3, -0.25) is 4.79 Å². The van der Waals surface area contributed by atoms with Crippen LogP contribution >= 0.6 is 0 Å². The van der Waals surface area contributed by atoms with E-state index in [1.165, 1.54) is 11.9 Å². The lowest BCUT2D eigenvalue weighted by Crippen LogP contribution is -2.60. The number of hydrogen-bond donors (Lipinski definition) is 2. The highest BCUT2D eigenvalue weighted by molar-refractivity contribution is 5.90. The summed E-state index contributed by atoms with van der Waals surface area (Å²) in [5.41, 5.74) is 3.06. The summed E-state index contributed by atoms with van der Waals surface area (Å²) in [6.45, 7) is 0.610. The molecule has 3 atom stereocenters. The van der Waals surface area contributed by atoms with E-state index in [4.69, 9.17) is 14.2 Å². The molecule has 35 heavy (non-hydrogen) atoms. The summed E-state index contributed by atoms with van der Waals surface area (Å²) >= 11 is 0. The van der Waals surface area contributed by atoms with Crippen LogP contribution in [0, 0.1) is 0 Å². The van der Waals surface area contributed by atoms with Gasteiger partial charge in [0.2, 0.25) is 0 Å². The second kappa shape index (κ2) is 9.31. The number of carbonyl (C=O) groups excluding carboxylic acids is 2. The first-order chi connectivity index (χ1) is 16.9. The van der Waals surface area contributed by atoms with Crippen LogP contribution in [0.15, 0.2) is 48.5 Å². The van der Waals surface area contributed by atoms with E-state index in [9.17, 15) is 19.5 Å². The largest absolute Gasteiger partial charge is 0.479 e. The average molecular weight is 481 g/mol. The maximum atomic E-state index is 13.2. The number of amides is 2. The van der Waals surface area contributed by atoms with Crippen LogP contribution in [0.1, 0.15) is 29.9 Å². The van der Waals surface area contributed by atoms with E-state index in [0.717, 1.165) is 22.3 Å². The highest BCUT2D eigenvalue weighted by Crippen LogP contribution is 2.44. The Morgan fingerprint density at radius 1 is 1.09 bits per heavy atom. The quantitative estimate of drug-likeness (QED) is 0.653. The standard InChI is InChI=1S/C26H28N2O7/c1-28(26(24(30)31)11-13-33-15-26)23(29)22-21(10-12-34-22)27-25(32)35-14-20-18-8-4-2-6-16(18)17-7-3-5-9-19(17)20/h2-9,20-22H,10-15H2,1H3,(H,27,32)(H,30,31). The van der Waals surface area contributed by atoms with Gasteiger partial charge in [-0.25, -0.2) is 9.59 Å². The van der Waals surface area contributed by atoms with Gasteiger partial charge in [0, 0.05) is 32.6 Å². The summed E-state index contributed by atoms with van der Waals surface area (Å²) in [5, 5.41) is 12.5. The van der Waals surface area contributed by atoms with E-state index < -0.39 is 35.7 Å². The molecular formula is C26H28N2O7. The second-order valence-electron chi connectivity index (χ2n) is 9.19. The fourth-order valence-corrected chi connectivity index (χ4v) is 5.30. The third-order valence-electron chi connectivity index (χ3n) is 7.35. The first-order valence-electron chi connectivity index (χ1n) is 11.7. The number of nitrogens with one attached hydrogen (secondary N) is 1. The Kier molecular flexibility index (Phi) is 6.21. The van der Waals surface area contributed by atoms with Gasteiger partial charge in [0.25, 0.3) is 5.91 Å². The Balaban J connectivity index is 1.23. The second-order valence-corrected chi connectivity index (χ2v) is 9.19. The fraction of sp³-hybridized carbons (Fsp3) is 0.423. The molecular weight excluding hydrogens is 452 g/mol. The van der Waals surface area contributed by atoms with Gasteiger partial charge in [-0.05, 0) is 28.7 Å². The lowest BCUT2D eigenvalue weighted by molar-refractivity contribution is -0.162. The zero-order chi connectivity index (χ0) is 24.6. The SMILES string of the molecule is CN(C(=O)C1OCCC1NC(=O)OCC1c2ccccc2-c2ccccc21)C1(C(=O)O)CCOC1. The van der Waals surface area contributed by atoms with Gasteiger partial charge < -0.3 is 29.5 Å². The number of carboxylic acid groups (broad SMARTS) is 1. The number of ether oxygens (including phenoxy) is 3.